The Labute approximate surface area is 152 Å². The molecule has 0 saturated carbocycles. The number of aromatic nitrogens is 2. The second-order valence-corrected chi connectivity index (χ2v) is 5.57. The number of hydrogen-bond donors (Lipinski definition) is 1. The molecule has 6 nitrogen and oxygen atoms in total. The van der Waals surface area contributed by atoms with Crippen molar-refractivity contribution in [3.63, 3.8) is 0 Å². The van der Waals surface area contributed by atoms with E-state index in [-0.39, 0.29) is 28.7 Å². The van der Waals surface area contributed by atoms with Crippen LogP contribution in [0.15, 0.2) is 47.1 Å². The van der Waals surface area contributed by atoms with Gasteiger partial charge in [-0.2, -0.15) is 13.2 Å². The van der Waals surface area contributed by atoms with Crippen LogP contribution in [0.3, 0.4) is 0 Å². The highest BCUT2D eigenvalue weighted by molar-refractivity contribution is 5.89. The fraction of sp³-hybridized carbons (Fsp3) is 0.167. The molecule has 0 fully saturated rings. The Morgan fingerprint density at radius 1 is 1.19 bits per heavy atom. The van der Waals surface area contributed by atoms with E-state index in [1.165, 1.54) is 44.5 Å². The topological polar surface area (TPSA) is 77.2 Å². The molecule has 9 heteroatoms. The van der Waals surface area contributed by atoms with Crippen LogP contribution in [0.25, 0.3) is 22.7 Å². The van der Waals surface area contributed by atoms with Crippen LogP contribution in [0.2, 0.25) is 0 Å². The molecule has 1 aromatic carbocycles. The zero-order chi connectivity index (χ0) is 19.6. The molecular weight excluding hydrogens is 363 g/mol. The van der Waals surface area contributed by atoms with E-state index in [2.05, 4.69) is 15.5 Å². The largest absolute Gasteiger partial charge is 0.496 e. The number of carbonyl (C=O) groups is 1. The van der Waals surface area contributed by atoms with Gasteiger partial charge in [-0.3, -0.25) is 9.78 Å². The minimum atomic E-state index is -4.59. The van der Waals surface area contributed by atoms with E-state index >= 15 is 0 Å². The van der Waals surface area contributed by atoms with Crippen molar-refractivity contribution in [3.05, 3.63) is 48.2 Å². The number of nitrogens with one attached hydrogen (secondary N) is 1. The third-order valence-corrected chi connectivity index (χ3v) is 3.65. The molecule has 1 amide bonds. The summed E-state index contributed by atoms with van der Waals surface area (Å²) in [7, 11) is 1.28. The summed E-state index contributed by atoms with van der Waals surface area (Å²) >= 11 is 0. The van der Waals surface area contributed by atoms with Crippen LogP contribution in [0.5, 0.6) is 5.75 Å². The average Bonchev–Trinajstić information content (AvgIpc) is 3.09. The van der Waals surface area contributed by atoms with Crippen molar-refractivity contribution in [2.24, 2.45) is 0 Å². The Morgan fingerprint density at radius 3 is 2.63 bits per heavy atom. The molecule has 0 aliphatic carbocycles. The molecular formula is C18H14F3N3O3. The third kappa shape index (κ3) is 3.91. The van der Waals surface area contributed by atoms with Gasteiger partial charge in [0.1, 0.15) is 17.1 Å². The smallest absolute Gasteiger partial charge is 0.417 e. The summed E-state index contributed by atoms with van der Waals surface area (Å²) in [6.45, 7) is 1.35. The zero-order valence-corrected chi connectivity index (χ0v) is 14.3. The fourth-order valence-corrected chi connectivity index (χ4v) is 2.56. The van der Waals surface area contributed by atoms with Crippen molar-refractivity contribution >= 4 is 11.6 Å². The summed E-state index contributed by atoms with van der Waals surface area (Å²) in [4.78, 5) is 15.3. The predicted octanol–water partition coefficient (Wildman–Crippen LogP) is 4.39. The molecule has 2 aromatic heterocycles. The molecule has 0 aliphatic rings. The monoisotopic (exact) mass is 377 g/mol. The Bertz CT molecular complexity index is 983. The standard InChI is InChI=1S/C18H14F3N3O3/c1-10(25)23-11-6-7-22-13(8-11)16-9-14(24-27-16)17-12(18(19,20)21)4-3-5-15(17)26-2/h3-9H,1-2H3,(H,22,23,25). The average molecular weight is 377 g/mol. The molecule has 0 bridgehead atoms. The van der Waals surface area contributed by atoms with Crippen molar-refractivity contribution in [1.82, 2.24) is 10.1 Å². The fourth-order valence-electron chi connectivity index (χ4n) is 2.56. The number of halogens is 3. The van der Waals surface area contributed by atoms with E-state index in [0.717, 1.165) is 6.07 Å². The Kier molecular flexibility index (Phi) is 4.85. The summed E-state index contributed by atoms with van der Waals surface area (Å²) in [5.74, 6) is -0.102. The summed E-state index contributed by atoms with van der Waals surface area (Å²) < 4.78 is 50.4. The Balaban J connectivity index is 2.06. The Hall–Kier alpha value is -3.36. The van der Waals surface area contributed by atoms with E-state index in [0.29, 0.717) is 11.4 Å². The highest BCUT2D eigenvalue weighted by atomic mass is 19.4. The zero-order valence-electron chi connectivity index (χ0n) is 14.3. The van der Waals surface area contributed by atoms with Crippen LogP contribution in [0, 0.1) is 0 Å². The van der Waals surface area contributed by atoms with Gasteiger partial charge in [-0.25, -0.2) is 0 Å². The highest BCUT2D eigenvalue weighted by Crippen LogP contribution is 2.42. The van der Waals surface area contributed by atoms with Crippen molar-refractivity contribution in [1.29, 1.82) is 0 Å². The van der Waals surface area contributed by atoms with Gasteiger partial charge in [0.25, 0.3) is 0 Å². The SMILES string of the molecule is COc1cccc(C(F)(F)F)c1-c1cc(-c2cc(NC(C)=O)ccn2)on1. The lowest BCUT2D eigenvalue weighted by Gasteiger charge is -2.14. The van der Waals surface area contributed by atoms with Crippen molar-refractivity contribution in [2.75, 3.05) is 12.4 Å². The van der Waals surface area contributed by atoms with Gasteiger partial charge in [0.05, 0.1) is 18.2 Å². The first kappa shape index (κ1) is 18.4. The number of anilines is 1. The van der Waals surface area contributed by atoms with Gasteiger partial charge >= 0.3 is 6.18 Å². The van der Waals surface area contributed by atoms with E-state index < -0.39 is 11.7 Å². The first-order valence-corrected chi connectivity index (χ1v) is 7.75. The summed E-state index contributed by atoms with van der Waals surface area (Å²) in [6.07, 6.45) is -3.15. The number of carbonyl (C=O) groups excluding carboxylic acids is 1. The van der Waals surface area contributed by atoms with Gasteiger partial charge in [0.2, 0.25) is 5.91 Å². The number of rotatable bonds is 4. The molecule has 3 rings (SSSR count). The number of benzene rings is 1. The van der Waals surface area contributed by atoms with Crippen LogP contribution in [0.1, 0.15) is 12.5 Å². The molecule has 140 valence electrons. The number of hydrogen-bond acceptors (Lipinski definition) is 5. The third-order valence-electron chi connectivity index (χ3n) is 3.65. The molecule has 0 radical (unpaired) electrons. The van der Waals surface area contributed by atoms with Crippen molar-refractivity contribution in [2.45, 2.75) is 13.1 Å². The lowest BCUT2D eigenvalue weighted by atomic mass is 10.0. The second-order valence-electron chi connectivity index (χ2n) is 5.57. The van der Waals surface area contributed by atoms with Gasteiger partial charge in [-0.05, 0) is 24.3 Å². The van der Waals surface area contributed by atoms with Crippen LogP contribution in [-0.4, -0.2) is 23.2 Å². The molecule has 1 N–H and O–H groups in total. The van der Waals surface area contributed by atoms with E-state index in [9.17, 15) is 18.0 Å². The normalized spacial score (nSPS) is 11.3. The predicted molar refractivity (Wildman–Crippen MR) is 91.0 cm³/mol. The van der Waals surface area contributed by atoms with Gasteiger partial charge in [-0.15, -0.1) is 0 Å². The van der Waals surface area contributed by atoms with Crippen LogP contribution >= 0.6 is 0 Å². The van der Waals surface area contributed by atoms with Gasteiger partial charge in [0.15, 0.2) is 5.76 Å². The maximum atomic E-state index is 13.4. The minimum Gasteiger partial charge on any atom is -0.496 e. The number of ether oxygens (including phenoxy) is 1. The van der Waals surface area contributed by atoms with E-state index in [1.807, 2.05) is 0 Å². The number of pyridine rings is 1. The molecule has 0 saturated heterocycles. The Morgan fingerprint density at radius 2 is 1.96 bits per heavy atom. The maximum Gasteiger partial charge on any atom is 0.417 e. The molecule has 3 aromatic rings. The molecule has 27 heavy (non-hydrogen) atoms. The number of methoxy groups -OCH3 is 1. The van der Waals surface area contributed by atoms with Crippen molar-refractivity contribution in [3.8, 4) is 28.5 Å². The number of amides is 1. The highest BCUT2D eigenvalue weighted by Gasteiger charge is 2.36. The van der Waals surface area contributed by atoms with Gasteiger partial charge in [-0.1, -0.05) is 11.2 Å². The first-order valence-electron chi connectivity index (χ1n) is 7.75. The molecule has 0 aliphatic heterocycles. The molecule has 0 spiro atoms. The lowest BCUT2D eigenvalue weighted by molar-refractivity contribution is -0.137. The first-order chi connectivity index (χ1) is 12.8. The number of nitrogens with zero attached hydrogens (tertiary/aromatic N) is 2. The number of alkyl halides is 3. The summed E-state index contributed by atoms with van der Waals surface area (Å²) in [5, 5.41) is 6.34. The van der Waals surface area contributed by atoms with Gasteiger partial charge < -0.3 is 14.6 Å². The molecule has 2 heterocycles. The minimum absolute atomic E-state index is 0.0182. The van der Waals surface area contributed by atoms with E-state index in [4.69, 9.17) is 9.26 Å². The second kappa shape index (κ2) is 7.10. The maximum absolute atomic E-state index is 13.4. The van der Waals surface area contributed by atoms with Crippen LogP contribution < -0.4 is 10.1 Å². The van der Waals surface area contributed by atoms with E-state index in [1.54, 1.807) is 6.07 Å². The van der Waals surface area contributed by atoms with Crippen molar-refractivity contribution < 1.29 is 27.2 Å². The quantitative estimate of drug-likeness (QED) is 0.730. The lowest BCUT2D eigenvalue weighted by Crippen LogP contribution is -2.08. The molecule has 0 unspecified atom stereocenters. The van der Waals surface area contributed by atoms with Crippen LogP contribution in [-0.2, 0) is 11.0 Å². The summed E-state index contributed by atoms with van der Waals surface area (Å²) in [6, 6.07) is 8.05. The summed E-state index contributed by atoms with van der Waals surface area (Å²) in [5.41, 5.74) is -0.370. The van der Waals surface area contributed by atoms with Crippen LogP contribution in [0.4, 0.5) is 18.9 Å². The van der Waals surface area contributed by atoms with Gasteiger partial charge in [0, 0.05) is 24.9 Å². The molecule has 0 atom stereocenters.